The Labute approximate surface area is 218 Å². The molecule has 7 nitrogen and oxygen atoms in total. The number of hydrogen-bond donors (Lipinski definition) is 0. The molecule has 0 N–H and O–H groups in total. The third-order valence-electron chi connectivity index (χ3n) is 6.76. The Kier molecular flexibility index (Phi) is 6.70. The van der Waals surface area contributed by atoms with Crippen molar-refractivity contribution < 1.29 is 18.9 Å². The maximum absolute atomic E-state index is 14.0. The van der Waals surface area contributed by atoms with Crippen molar-refractivity contribution in [1.82, 2.24) is 0 Å². The van der Waals surface area contributed by atoms with Crippen LogP contribution in [0.1, 0.15) is 45.7 Å². The molecule has 1 aliphatic rings. The van der Waals surface area contributed by atoms with Gasteiger partial charge in [-0.15, -0.1) is 0 Å². The summed E-state index contributed by atoms with van der Waals surface area (Å²) in [5.41, 5.74) is 2.71. The number of benzene rings is 4. The molecule has 4 aromatic rings. The predicted molar refractivity (Wildman–Crippen MR) is 143 cm³/mol. The summed E-state index contributed by atoms with van der Waals surface area (Å²) in [6, 6.07) is 27.0. The molecule has 4 aromatic carbocycles. The molecule has 38 heavy (non-hydrogen) atoms. The molecule has 0 saturated carbocycles. The van der Waals surface area contributed by atoms with E-state index in [1.165, 1.54) is 48.5 Å². The first kappa shape index (κ1) is 24.8. The van der Waals surface area contributed by atoms with Gasteiger partial charge in [0, 0.05) is 40.7 Å². The summed E-state index contributed by atoms with van der Waals surface area (Å²) in [4.78, 5) is 41.5. The predicted octanol–water partition coefficient (Wildman–Crippen LogP) is 6.56. The Bertz CT molecular complexity index is 1490. The van der Waals surface area contributed by atoms with Crippen LogP contribution in [0.2, 0.25) is 0 Å². The van der Waals surface area contributed by atoms with E-state index in [0.29, 0.717) is 28.9 Å². The highest BCUT2D eigenvalue weighted by Gasteiger charge is 2.39. The molecular formula is C30H24FN3O4. The minimum Gasteiger partial charge on any atom is -0.305 e. The Morgan fingerprint density at radius 3 is 2.13 bits per heavy atom. The highest BCUT2D eigenvalue weighted by molar-refractivity contribution is 6.09. The Hall–Kier alpha value is -4.85. The molecule has 2 amide bonds. The first-order valence-electron chi connectivity index (χ1n) is 12.2. The molecule has 8 heteroatoms. The van der Waals surface area contributed by atoms with E-state index in [-0.39, 0.29) is 23.5 Å². The summed E-state index contributed by atoms with van der Waals surface area (Å²) < 4.78 is 13.5. The highest BCUT2D eigenvalue weighted by Crippen LogP contribution is 2.43. The molecule has 5 rings (SSSR count). The van der Waals surface area contributed by atoms with Crippen molar-refractivity contribution in [2.45, 2.75) is 25.4 Å². The molecule has 0 aromatic heterocycles. The third kappa shape index (κ3) is 4.64. The summed E-state index contributed by atoms with van der Waals surface area (Å²) in [7, 11) is 0. The van der Waals surface area contributed by atoms with Crippen LogP contribution in [0, 0.1) is 15.9 Å². The van der Waals surface area contributed by atoms with Crippen molar-refractivity contribution in [2.75, 3.05) is 9.80 Å². The summed E-state index contributed by atoms with van der Waals surface area (Å²) in [5, 5.41) is 11.1. The zero-order chi connectivity index (χ0) is 26.8. The van der Waals surface area contributed by atoms with Crippen LogP contribution in [0.4, 0.5) is 21.5 Å². The number of para-hydroxylation sites is 2. The number of nitro groups is 1. The topological polar surface area (TPSA) is 83.8 Å². The van der Waals surface area contributed by atoms with E-state index in [9.17, 15) is 24.1 Å². The Morgan fingerprint density at radius 1 is 0.868 bits per heavy atom. The molecule has 0 bridgehead atoms. The first-order valence-corrected chi connectivity index (χ1v) is 12.2. The second kappa shape index (κ2) is 10.3. The molecule has 0 unspecified atom stereocenters. The normalized spacial score (nSPS) is 16.4. The summed E-state index contributed by atoms with van der Waals surface area (Å²) in [6.07, 6.45) is 0.442. The van der Waals surface area contributed by atoms with E-state index < -0.39 is 16.8 Å². The van der Waals surface area contributed by atoms with Crippen LogP contribution in [-0.4, -0.2) is 22.8 Å². The molecule has 1 heterocycles. The van der Waals surface area contributed by atoms with E-state index in [1.54, 1.807) is 9.80 Å². The number of nitrogens with zero attached hydrogens (tertiary/aromatic N) is 3. The first-order chi connectivity index (χ1) is 18.3. The molecule has 2 atom stereocenters. The fraction of sp³-hybridized carbons (Fsp3) is 0.133. The number of non-ortho nitro benzene ring substituents is 1. The maximum Gasteiger partial charge on any atom is 0.269 e. The van der Waals surface area contributed by atoms with Crippen molar-refractivity contribution in [3.8, 4) is 0 Å². The van der Waals surface area contributed by atoms with Gasteiger partial charge in [0.15, 0.2) is 0 Å². The maximum atomic E-state index is 14.0. The van der Waals surface area contributed by atoms with Gasteiger partial charge in [-0.3, -0.25) is 19.7 Å². The number of hydrogen-bond acceptors (Lipinski definition) is 4. The average molecular weight is 510 g/mol. The number of nitro benzene ring substituents is 1. The summed E-state index contributed by atoms with van der Waals surface area (Å²) >= 11 is 0. The van der Waals surface area contributed by atoms with Gasteiger partial charge in [-0.05, 0) is 73.5 Å². The molecule has 0 aliphatic carbocycles. The molecule has 190 valence electrons. The fourth-order valence-electron chi connectivity index (χ4n) is 4.96. The van der Waals surface area contributed by atoms with Crippen molar-refractivity contribution >= 4 is 28.9 Å². The number of halogens is 1. The van der Waals surface area contributed by atoms with Gasteiger partial charge >= 0.3 is 0 Å². The number of carbonyl (C=O) groups excluding carboxylic acids is 2. The van der Waals surface area contributed by atoms with E-state index in [2.05, 4.69) is 0 Å². The van der Waals surface area contributed by atoms with Crippen molar-refractivity contribution in [3.63, 3.8) is 0 Å². The number of fused-ring (bicyclic) bond motifs is 1. The van der Waals surface area contributed by atoms with Gasteiger partial charge in [0.25, 0.3) is 17.5 Å². The lowest BCUT2D eigenvalue weighted by Gasteiger charge is -2.43. The fourth-order valence-corrected chi connectivity index (χ4v) is 4.96. The van der Waals surface area contributed by atoms with Crippen LogP contribution in [0.3, 0.4) is 0 Å². The molecule has 1 aliphatic heterocycles. The lowest BCUT2D eigenvalue weighted by molar-refractivity contribution is -0.384. The zero-order valence-corrected chi connectivity index (χ0v) is 20.5. The monoisotopic (exact) mass is 509 g/mol. The van der Waals surface area contributed by atoms with Gasteiger partial charge in [0.2, 0.25) is 0 Å². The van der Waals surface area contributed by atoms with Crippen molar-refractivity contribution in [1.29, 1.82) is 0 Å². The largest absolute Gasteiger partial charge is 0.305 e. The van der Waals surface area contributed by atoms with E-state index >= 15 is 0 Å². The quantitative estimate of drug-likeness (QED) is 0.225. The standard InChI is InChI=1S/C30H24FN3O4/c1-20-19-28(26-9-5-6-10-27(26)32(20)29(35)21-11-15-23(31)16-12-21)33(24-7-3-2-4-8-24)30(36)22-13-17-25(18-14-22)34(37)38/h2-18,20,28H,19H2,1H3/t20-,28-/m0/s1. The molecule has 0 spiro atoms. The van der Waals surface area contributed by atoms with Crippen LogP contribution < -0.4 is 9.80 Å². The smallest absolute Gasteiger partial charge is 0.269 e. The van der Waals surface area contributed by atoms with Crippen LogP contribution in [0.15, 0.2) is 103 Å². The minimum absolute atomic E-state index is 0.0978. The lowest BCUT2D eigenvalue weighted by atomic mass is 9.89. The molecular weight excluding hydrogens is 485 g/mol. The minimum atomic E-state index is -0.505. The SMILES string of the molecule is C[C@H]1C[C@H](N(C(=O)c2ccc([N+](=O)[O-])cc2)c2ccccc2)c2ccccc2N1C(=O)c1ccc(F)cc1. The van der Waals surface area contributed by atoms with Gasteiger partial charge in [-0.1, -0.05) is 36.4 Å². The van der Waals surface area contributed by atoms with Crippen LogP contribution in [-0.2, 0) is 0 Å². The third-order valence-corrected chi connectivity index (χ3v) is 6.76. The van der Waals surface area contributed by atoms with Crippen molar-refractivity contribution in [2.24, 2.45) is 0 Å². The van der Waals surface area contributed by atoms with Crippen LogP contribution >= 0.6 is 0 Å². The Morgan fingerprint density at radius 2 is 1.47 bits per heavy atom. The number of carbonyl (C=O) groups is 2. The van der Waals surface area contributed by atoms with Crippen LogP contribution in [0.5, 0.6) is 0 Å². The van der Waals surface area contributed by atoms with Crippen LogP contribution in [0.25, 0.3) is 0 Å². The van der Waals surface area contributed by atoms with Gasteiger partial charge in [-0.25, -0.2) is 4.39 Å². The highest BCUT2D eigenvalue weighted by atomic mass is 19.1. The molecule has 0 radical (unpaired) electrons. The molecule has 0 saturated heterocycles. The van der Waals surface area contributed by atoms with Gasteiger partial charge < -0.3 is 9.80 Å². The second-order valence-electron chi connectivity index (χ2n) is 9.16. The summed E-state index contributed by atoms with van der Waals surface area (Å²) in [6.45, 7) is 1.92. The van der Waals surface area contributed by atoms with E-state index in [4.69, 9.17) is 0 Å². The Balaban J connectivity index is 1.58. The number of anilines is 2. The zero-order valence-electron chi connectivity index (χ0n) is 20.5. The van der Waals surface area contributed by atoms with Gasteiger partial charge in [-0.2, -0.15) is 0 Å². The van der Waals surface area contributed by atoms with E-state index in [1.807, 2.05) is 61.5 Å². The molecule has 0 fully saturated rings. The van der Waals surface area contributed by atoms with Crippen molar-refractivity contribution in [3.05, 3.63) is 136 Å². The second-order valence-corrected chi connectivity index (χ2v) is 9.16. The lowest BCUT2D eigenvalue weighted by Crippen LogP contribution is -2.47. The van der Waals surface area contributed by atoms with Gasteiger partial charge in [0.1, 0.15) is 5.82 Å². The average Bonchev–Trinajstić information content (AvgIpc) is 2.94. The number of amides is 2. The summed E-state index contributed by atoms with van der Waals surface area (Å²) in [5.74, 6) is -0.982. The van der Waals surface area contributed by atoms with Gasteiger partial charge in [0.05, 0.1) is 11.0 Å². The van der Waals surface area contributed by atoms with E-state index in [0.717, 1.165) is 5.56 Å². The number of rotatable bonds is 5.